The van der Waals surface area contributed by atoms with Crippen LogP contribution in [-0.4, -0.2) is 72.8 Å². The van der Waals surface area contributed by atoms with Crippen LogP contribution >= 0.6 is 0 Å². The summed E-state index contributed by atoms with van der Waals surface area (Å²) in [5, 5.41) is 2.60. The van der Waals surface area contributed by atoms with Crippen LogP contribution in [0.4, 0.5) is 27.8 Å². The van der Waals surface area contributed by atoms with Crippen LogP contribution in [-0.2, 0) is 11.0 Å². The molecule has 16 heteroatoms. The zero-order valence-corrected chi connectivity index (χ0v) is 21.9. The van der Waals surface area contributed by atoms with Gasteiger partial charge < -0.3 is 19.9 Å². The number of piperazine rings is 1. The first-order valence-electron chi connectivity index (χ1n) is 12.1. The number of carbonyl (C=O) groups is 2. The molecular formula is C25H24F5N7O4. The minimum atomic E-state index is -5.03. The van der Waals surface area contributed by atoms with E-state index in [0.717, 1.165) is 24.5 Å². The van der Waals surface area contributed by atoms with Crippen molar-refractivity contribution >= 4 is 17.6 Å². The third-order valence-electron chi connectivity index (χ3n) is 6.37. The van der Waals surface area contributed by atoms with Crippen LogP contribution in [0.3, 0.4) is 0 Å². The lowest BCUT2D eigenvalue weighted by Gasteiger charge is -2.48. The number of aromatic amines is 1. The van der Waals surface area contributed by atoms with Crippen LogP contribution in [0.1, 0.15) is 37.0 Å². The molecular weight excluding hydrogens is 557 g/mol. The molecule has 2 amide bonds. The highest BCUT2D eigenvalue weighted by molar-refractivity contribution is 5.94. The number of nitrogens with zero attached hydrogens (tertiary/aromatic N) is 5. The number of nitrogens with one attached hydrogen (secondary N) is 2. The summed E-state index contributed by atoms with van der Waals surface area (Å²) >= 11 is 0. The first-order chi connectivity index (χ1) is 19.2. The third-order valence-corrected chi connectivity index (χ3v) is 6.37. The summed E-state index contributed by atoms with van der Waals surface area (Å²) in [5.41, 5.74) is -4.64. The molecule has 1 saturated heterocycles. The highest BCUT2D eigenvalue weighted by Crippen LogP contribution is 2.27. The van der Waals surface area contributed by atoms with Gasteiger partial charge in [0.15, 0.2) is 17.4 Å². The maximum atomic E-state index is 13.8. The molecule has 1 aliphatic rings. The molecule has 1 aromatic carbocycles. The van der Waals surface area contributed by atoms with Gasteiger partial charge >= 0.3 is 6.18 Å². The maximum Gasteiger partial charge on any atom is 0.438 e. The summed E-state index contributed by atoms with van der Waals surface area (Å²) in [6, 6.07) is 2.05. The first kappa shape index (κ1) is 29.5. The molecule has 11 nitrogen and oxygen atoms in total. The molecule has 2 aromatic heterocycles. The van der Waals surface area contributed by atoms with Crippen molar-refractivity contribution in [1.82, 2.24) is 29.7 Å². The maximum absolute atomic E-state index is 13.8. The fourth-order valence-electron chi connectivity index (χ4n) is 4.25. The molecule has 2 N–H and O–H groups in total. The zero-order valence-electron chi connectivity index (χ0n) is 21.9. The number of halogens is 5. The number of ether oxygens (including phenoxy) is 1. The SMILES string of the molecule is C[C@@H](C(=O)Nc1cnc(Oc2ccc(F)cc2F)cn1)N1CCN(C(=O)c2c[nH]c(=O)c(C(F)(F)F)n2)C(C)(C)C1. The van der Waals surface area contributed by atoms with Gasteiger partial charge in [0.2, 0.25) is 17.5 Å². The summed E-state index contributed by atoms with van der Waals surface area (Å²) in [4.78, 5) is 53.7. The lowest BCUT2D eigenvalue weighted by molar-refractivity contribution is -0.142. The topological polar surface area (TPSA) is 133 Å². The van der Waals surface area contributed by atoms with Gasteiger partial charge in [0, 0.05) is 31.9 Å². The van der Waals surface area contributed by atoms with Gasteiger partial charge in [0.05, 0.1) is 24.0 Å². The zero-order chi connectivity index (χ0) is 30.1. The second kappa shape index (κ2) is 11.2. The second-order valence-electron chi connectivity index (χ2n) is 9.78. The molecule has 3 aromatic rings. The first-order valence-corrected chi connectivity index (χ1v) is 12.1. The van der Waals surface area contributed by atoms with Gasteiger partial charge in [-0.15, -0.1) is 0 Å². The van der Waals surface area contributed by atoms with Crippen molar-refractivity contribution in [3.8, 4) is 11.6 Å². The van der Waals surface area contributed by atoms with E-state index in [9.17, 15) is 36.3 Å². The Morgan fingerprint density at radius 3 is 2.49 bits per heavy atom. The number of alkyl halides is 3. The van der Waals surface area contributed by atoms with Crippen LogP contribution in [0.5, 0.6) is 11.6 Å². The smallest absolute Gasteiger partial charge is 0.434 e. The largest absolute Gasteiger partial charge is 0.438 e. The highest BCUT2D eigenvalue weighted by Gasteiger charge is 2.42. The van der Waals surface area contributed by atoms with Crippen molar-refractivity contribution in [2.24, 2.45) is 0 Å². The van der Waals surface area contributed by atoms with Gasteiger partial charge in [-0.25, -0.2) is 23.7 Å². The van der Waals surface area contributed by atoms with E-state index in [1.165, 1.54) is 11.1 Å². The molecule has 0 aliphatic carbocycles. The number of amides is 2. The number of H-pyrrole nitrogens is 1. The van der Waals surface area contributed by atoms with Gasteiger partial charge in [-0.3, -0.25) is 19.3 Å². The van der Waals surface area contributed by atoms with Crippen molar-refractivity contribution in [3.63, 3.8) is 0 Å². The summed E-state index contributed by atoms with van der Waals surface area (Å²) < 4.78 is 71.4. The number of rotatable bonds is 6. The monoisotopic (exact) mass is 581 g/mol. The minimum Gasteiger partial charge on any atom is -0.434 e. The molecule has 0 spiro atoms. The van der Waals surface area contributed by atoms with Crippen molar-refractivity contribution in [2.75, 3.05) is 25.0 Å². The van der Waals surface area contributed by atoms with Crippen LogP contribution in [0, 0.1) is 11.6 Å². The van der Waals surface area contributed by atoms with E-state index in [-0.39, 0.29) is 37.1 Å². The van der Waals surface area contributed by atoms with Crippen molar-refractivity contribution in [2.45, 2.75) is 38.5 Å². The van der Waals surface area contributed by atoms with Crippen LogP contribution < -0.4 is 15.6 Å². The number of benzene rings is 1. The Morgan fingerprint density at radius 2 is 1.88 bits per heavy atom. The molecule has 41 heavy (non-hydrogen) atoms. The molecule has 0 radical (unpaired) electrons. The minimum absolute atomic E-state index is 0.0669. The molecule has 1 aliphatic heterocycles. The van der Waals surface area contributed by atoms with Gasteiger partial charge in [0.25, 0.3) is 11.5 Å². The van der Waals surface area contributed by atoms with E-state index in [0.29, 0.717) is 6.07 Å². The van der Waals surface area contributed by atoms with E-state index < -0.39 is 58.2 Å². The number of aromatic nitrogens is 4. The van der Waals surface area contributed by atoms with Crippen molar-refractivity contribution in [3.05, 3.63) is 70.2 Å². The van der Waals surface area contributed by atoms with Gasteiger partial charge in [-0.2, -0.15) is 13.2 Å². The van der Waals surface area contributed by atoms with Crippen LogP contribution in [0.15, 0.2) is 41.6 Å². The Bertz CT molecular complexity index is 1510. The van der Waals surface area contributed by atoms with E-state index in [1.54, 1.807) is 25.7 Å². The predicted molar refractivity (Wildman–Crippen MR) is 133 cm³/mol. The molecule has 0 unspecified atom stereocenters. The quantitative estimate of drug-likeness (QED) is 0.424. The fourth-order valence-corrected chi connectivity index (χ4v) is 4.25. The molecule has 218 valence electrons. The number of anilines is 1. The Morgan fingerprint density at radius 1 is 1.15 bits per heavy atom. The van der Waals surface area contributed by atoms with E-state index in [4.69, 9.17) is 4.74 Å². The van der Waals surface area contributed by atoms with E-state index in [2.05, 4.69) is 20.3 Å². The normalized spacial score (nSPS) is 16.2. The van der Waals surface area contributed by atoms with Crippen molar-refractivity contribution < 1.29 is 36.3 Å². The molecule has 1 fully saturated rings. The van der Waals surface area contributed by atoms with Crippen LogP contribution in [0.2, 0.25) is 0 Å². The molecule has 0 saturated carbocycles. The molecule has 0 bridgehead atoms. The Labute approximate surface area is 229 Å². The summed E-state index contributed by atoms with van der Waals surface area (Å²) in [5.74, 6) is -3.23. The Hall–Kier alpha value is -4.47. The molecule has 4 rings (SSSR count). The lowest BCUT2D eigenvalue weighted by atomic mass is 9.97. The number of hydrogen-bond donors (Lipinski definition) is 2. The van der Waals surface area contributed by atoms with Crippen LogP contribution in [0.25, 0.3) is 0 Å². The van der Waals surface area contributed by atoms with Crippen molar-refractivity contribution in [1.29, 1.82) is 0 Å². The standard InChI is InChI=1S/C25H24F5N7O4/c1-13(21(38)35-18-10-32-19(11-31-18)41-17-5-4-14(26)8-15(17)27)36-6-7-37(24(2,3)12-36)23(40)16-9-33-22(39)20(34-16)25(28,29)30/h4-5,8-11,13H,6-7,12H2,1-3H3,(H,33,39)(H,31,35,38)/t13-/m0/s1. The second-order valence-corrected chi connectivity index (χ2v) is 9.78. The summed E-state index contributed by atoms with van der Waals surface area (Å²) in [7, 11) is 0. The van der Waals surface area contributed by atoms with E-state index >= 15 is 0 Å². The predicted octanol–water partition coefficient (Wildman–Crippen LogP) is 3.21. The lowest BCUT2D eigenvalue weighted by Crippen LogP contribution is -2.63. The molecule has 3 heterocycles. The average Bonchev–Trinajstić information content (AvgIpc) is 2.89. The van der Waals surface area contributed by atoms with E-state index in [1.807, 2.05) is 4.98 Å². The Balaban J connectivity index is 1.38. The number of carbonyl (C=O) groups excluding carboxylic acids is 2. The third kappa shape index (κ3) is 6.65. The van der Waals surface area contributed by atoms with Gasteiger partial charge in [-0.05, 0) is 32.9 Å². The van der Waals surface area contributed by atoms with Gasteiger partial charge in [0.1, 0.15) is 11.5 Å². The summed E-state index contributed by atoms with van der Waals surface area (Å²) in [6.07, 6.45) is -1.86. The van der Waals surface area contributed by atoms with Gasteiger partial charge in [-0.1, -0.05) is 0 Å². The Kier molecular flexibility index (Phi) is 8.05. The summed E-state index contributed by atoms with van der Waals surface area (Å²) in [6.45, 7) is 5.46. The fraction of sp³-hybridized carbons (Fsp3) is 0.360. The molecule has 1 atom stereocenters. The highest BCUT2D eigenvalue weighted by atomic mass is 19.4. The number of hydrogen-bond acceptors (Lipinski definition) is 8. The average molecular weight is 582 g/mol.